The van der Waals surface area contributed by atoms with E-state index in [4.69, 9.17) is 0 Å². The molecular weight excluding hydrogens is 412 g/mol. The van der Waals surface area contributed by atoms with Gasteiger partial charge in [-0.05, 0) is 68.6 Å². The minimum Gasteiger partial charge on any atom is -0.299 e. The summed E-state index contributed by atoms with van der Waals surface area (Å²) in [5.41, 5.74) is 5.72. The van der Waals surface area contributed by atoms with Crippen molar-refractivity contribution in [2.45, 2.75) is 126 Å². The Hall–Kier alpha value is -1.89. The first-order valence-electron chi connectivity index (χ1n) is 13.9. The van der Waals surface area contributed by atoms with Crippen LogP contribution in [0, 0.1) is 12.3 Å². The number of hydrogen-bond acceptors (Lipinski definition) is 1. The Kier molecular flexibility index (Phi) is 17.4. The zero-order chi connectivity index (χ0) is 26.0. The highest BCUT2D eigenvalue weighted by Crippen LogP contribution is 2.36. The lowest BCUT2D eigenvalue weighted by molar-refractivity contribution is -0.127. The van der Waals surface area contributed by atoms with E-state index in [0.29, 0.717) is 11.7 Å². The first-order chi connectivity index (χ1) is 16.2. The summed E-state index contributed by atoms with van der Waals surface area (Å²) in [6.45, 7) is 18.8. The highest BCUT2D eigenvalue weighted by Gasteiger charge is 2.30. The third-order valence-electron chi connectivity index (χ3n) is 6.80. The van der Waals surface area contributed by atoms with Crippen molar-refractivity contribution >= 4 is 5.78 Å². The molecule has 3 rings (SSSR count). The predicted molar refractivity (Wildman–Crippen MR) is 153 cm³/mol. The molecule has 0 unspecified atom stereocenters. The van der Waals surface area contributed by atoms with Gasteiger partial charge >= 0.3 is 0 Å². The fourth-order valence-electron chi connectivity index (χ4n) is 3.96. The Balaban J connectivity index is 0.000000465. The lowest BCUT2D eigenvalue weighted by atomic mass is 9.73. The van der Waals surface area contributed by atoms with Crippen molar-refractivity contribution in [2.24, 2.45) is 5.41 Å². The van der Waals surface area contributed by atoms with Gasteiger partial charge in [0.25, 0.3) is 0 Å². The molecule has 0 saturated heterocycles. The first kappa shape index (κ1) is 32.1. The molecule has 2 aromatic rings. The van der Waals surface area contributed by atoms with E-state index in [9.17, 15) is 4.79 Å². The van der Waals surface area contributed by atoms with Gasteiger partial charge < -0.3 is 0 Å². The molecule has 0 aliphatic heterocycles. The van der Waals surface area contributed by atoms with Crippen LogP contribution in [0.15, 0.2) is 48.5 Å². The monoisotopic (exact) mass is 466 g/mol. The van der Waals surface area contributed by atoms with E-state index in [1.54, 1.807) is 6.92 Å². The first-order valence-corrected chi connectivity index (χ1v) is 13.9. The number of hydrogen-bond donors (Lipinski definition) is 0. The zero-order valence-electron chi connectivity index (χ0n) is 24.0. The summed E-state index contributed by atoms with van der Waals surface area (Å²) in [5.74, 6) is 1.04. The molecular formula is C33H54O. The van der Waals surface area contributed by atoms with Crippen molar-refractivity contribution in [3.05, 3.63) is 70.8 Å². The third-order valence-corrected chi connectivity index (χ3v) is 6.80. The molecule has 0 bridgehead atoms. The third kappa shape index (κ3) is 13.1. The number of rotatable bonds is 6. The SMILES string of the molecule is CC.CC(=O)C1(C)CCCCC1.CCCCc1ccc(CC)cc1.Cc1ccc(C(C)C)cc1. The minimum absolute atomic E-state index is 0.0399. The van der Waals surface area contributed by atoms with Gasteiger partial charge in [0.05, 0.1) is 0 Å². The summed E-state index contributed by atoms with van der Waals surface area (Å²) in [6.07, 6.45) is 11.0. The van der Waals surface area contributed by atoms with Crippen LogP contribution in [0.4, 0.5) is 0 Å². The largest absolute Gasteiger partial charge is 0.299 e. The van der Waals surface area contributed by atoms with Gasteiger partial charge in [0.2, 0.25) is 0 Å². The molecule has 1 nitrogen and oxygen atoms in total. The smallest absolute Gasteiger partial charge is 0.135 e. The number of Topliss-reactive ketones (excluding diaryl/α,β-unsaturated/α-hetero) is 1. The van der Waals surface area contributed by atoms with Crippen molar-refractivity contribution in [3.8, 4) is 0 Å². The van der Waals surface area contributed by atoms with E-state index >= 15 is 0 Å². The molecule has 0 amide bonds. The molecule has 0 atom stereocenters. The van der Waals surface area contributed by atoms with Crippen LogP contribution in [0.3, 0.4) is 0 Å². The van der Waals surface area contributed by atoms with Crippen LogP contribution in [0.25, 0.3) is 0 Å². The van der Waals surface area contributed by atoms with Crippen molar-refractivity contribution in [1.82, 2.24) is 0 Å². The molecule has 2 aromatic carbocycles. The van der Waals surface area contributed by atoms with E-state index in [1.165, 1.54) is 60.8 Å². The minimum atomic E-state index is 0.0399. The standard InChI is InChI=1S/C12H18.C10H14.C9H16O.C2H6/c1-3-5-6-12-9-7-11(4-2)8-10-12;1-8(2)10-6-4-9(3)5-7-10;1-8(10)9(2)6-4-3-5-7-9;1-2/h7-10H,3-6H2,1-2H3;4-8H,1-3H3;3-7H2,1-2H3;1-2H3. The predicted octanol–water partition coefficient (Wildman–Crippen LogP) is 10.3. The summed E-state index contributed by atoms with van der Waals surface area (Å²) in [5, 5.41) is 0. The Morgan fingerprint density at radius 1 is 0.853 bits per heavy atom. The lowest BCUT2D eigenvalue weighted by Crippen LogP contribution is -2.27. The van der Waals surface area contributed by atoms with E-state index in [1.807, 2.05) is 13.8 Å². The summed E-state index contributed by atoms with van der Waals surface area (Å²) in [7, 11) is 0. The molecule has 0 N–H and O–H groups in total. The highest BCUT2D eigenvalue weighted by molar-refractivity contribution is 5.81. The van der Waals surface area contributed by atoms with Gasteiger partial charge in [0, 0.05) is 5.41 Å². The second kappa shape index (κ2) is 18.4. The van der Waals surface area contributed by atoms with Gasteiger partial charge in [-0.15, -0.1) is 0 Å². The highest BCUT2D eigenvalue weighted by atomic mass is 16.1. The fraction of sp³-hybridized carbons (Fsp3) is 0.606. The number of ketones is 1. The summed E-state index contributed by atoms with van der Waals surface area (Å²) in [6, 6.07) is 17.7. The van der Waals surface area contributed by atoms with Crippen LogP contribution in [0.2, 0.25) is 0 Å². The van der Waals surface area contributed by atoms with E-state index in [0.717, 1.165) is 19.3 Å². The number of unbranched alkanes of at least 4 members (excludes halogenated alkanes) is 1. The van der Waals surface area contributed by atoms with Gasteiger partial charge in [-0.1, -0.05) is 128 Å². The maximum Gasteiger partial charge on any atom is 0.135 e. The molecule has 1 aliphatic rings. The van der Waals surface area contributed by atoms with Crippen molar-refractivity contribution < 1.29 is 4.79 Å². The second-order valence-corrected chi connectivity index (χ2v) is 10.0. The number of carbonyl (C=O) groups is 1. The molecule has 1 heteroatoms. The van der Waals surface area contributed by atoms with Gasteiger partial charge in [-0.2, -0.15) is 0 Å². The Bertz CT molecular complexity index is 746. The Labute approximate surface area is 212 Å². The molecule has 1 aliphatic carbocycles. The van der Waals surface area contributed by atoms with Crippen molar-refractivity contribution in [2.75, 3.05) is 0 Å². The second-order valence-electron chi connectivity index (χ2n) is 10.0. The number of benzene rings is 2. The average Bonchev–Trinajstić information content (AvgIpc) is 2.86. The van der Waals surface area contributed by atoms with Gasteiger partial charge in [0.1, 0.15) is 5.78 Å². The zero-order valence-corrected chi connectivity index (χ0v) is 24.0. The van der Waals surface area contributed by atoms with Gasteiger partial charge in [-0.25, -0.2) is 0 Å². The molecule has 0 spiro atoms. The Morgan fingerprint density at radius 2 is 1.35 bits per heavy atom. The lowest BCUT2D eigenvalue weighted by Gasteiger charge is -2.30. The normalized spacial score (nSPS) is 13.9. The molecule has 34 heavy (non-hydrogen) atoms. The Morgan fingerprint density at radius 3 is 1.74 bits per heavy atom. The van der Waals surface area contributed by atoms with Crippen molar-refractivity contribution in [1.29, 1.82) is 0 Å². The maximum absolute atomic E-state index is 11.1. The van der Waals surface area contributed by atoms with Crippen LogP contribution < -0.4 is 0 Å². The summed E-state index contributed by atoms with van der Waals surface area (Å²) < 4.78 is 0. The maximum atomic E-state index is 11.1. The molecule has 1 fully saturated rings. The van der Waals surface area contributed by atoms with E-state index in [-0.39, 0.29) is 5.41 Å². The summed E-state index contributed by atoms with van der Waals surface area (Å²) >= 11 is 0. The topological polar surface area (TPSA) is 17.1 Å². The average molecular weight is 467 g/mol. The number of carbonyl (C=O) groups excluding carboxylic acids is 1. The molecule has 0 heterocycles. The summed E-state index contributed by atoms with van der Waals surface area (Å²) in [4.78, 5) is 11.1. The molecule has 0 radical (unpaired) electrons. The van der Waals surface area contributed by atoms with E-state index in [2.05, 4.69) is 90.1 Å². The van der Waals surface area contributed by atoms with Gasteiger partial charge in [0.15, 0.2) is 0 Å². The van der Waals surface area contributed by atoms with Crippen LogP contribution in [0.1, 0.15) is 129 Å². The van der Waals surface area contributed by atoms with Gasteiger partial charge in [-0.3, -0.25) is 4.79 Å². The quantitative estimate of drug-likeness (QED) is 0.414. The fourth-order valence-corrected chi connectivity index (χ4v) is 3.96. The van der Waals surface area contributed by atoms with Crippen LogP contribution in [-0.2, 0) is 17.6 Å². The molecule has 0 aromatic heterocycles. The van der Waals surface area contributed by atoms with Crippen LogP contribution in [0.5, 0.6) is 0 Å². The van der Waals surface area contributed by atoms with Crippen molar-refractivity contribution in [3.63, 3.8) is 0 Å². The number of aryl methyl sites for hydroxylation is 3. The van der Waals surface area contributed by atoms with Crippen LogP contribution >= 0.6 is 0 Å². The molecule has 1 saturated carbocycles. The molecule has 192 valence electrons. The van der Waals surface area contributed by atoms with Crippen LogP contribution in [-0.4, -0.2) is 5.78 Å². The van der Waals surface area contributed by atoms with E-state index < -0.39 is 0 Å².